The Morgan fingerprint density at radius 3 is 2.56 bits per heavy atom. The molecule has 3 nitrogen and oxygen atoms in total. The lowest BCUT2D eigenvalue weighted by Crippen LogP contribution is -2.35. The van der Waals surface area contributed by atoms with Gasteiger partial charge >= 0.3 is 0 Å². The van der Waals surface area contributed by atoms with E-state index in [1.54, 1.807) is 7.11 Å². The Hall–Kier alpha value is -0.900. The summed E-state index contributed by atoms with van der Waals surface area (Å²) in [6.45, 7) is 4.80. The molecule has 0 bridgehead atoms. The SMILES string of the molecule is COCCCC(N)CN(C)Cc1ccc(C)cc1. The van der Waals surface area contributed by atoms with Crippen LogP contribution in [0.4, 0.5) is 0 Å². The molecule has 0 amide bonds. The van der Waals surface area contributed by atoms with Crippen molar-refractivity contribution < 1.29 is 4.74 Å². The van der Waals surface area contributed by atoms with Gasteiger partial charge in [0.2, 0.25) is 0 Å². The fourth-order valence-electron chi connectivity index (χ4n) is 2.05. The van der Waals surface area contributed by atoms with Gasteiger partial charge in [-0.15, -0.1) is 0 Å². The minimum atomic E-state index is 0.232. The van der Waals surface area contributed by atoms with E-state index in [9.17, 15) is 0 Å². The van der Waals surface area contributed by atoms with Crippen molar-refractivity contribution in [3.63, 3.8) is 0 Å². The van der Waals surface area contributed by atoms with Gasteiger partial charge in [0.1, 0.15) is 0 Å². The van der Waals surface area contributed by atoms with E-state index in [2.05, 4.69) is 43.1 Å². The summed E-state index contributed by atoms with van der Waals surface area (Å²) in [7, 11) is 3.85. The predicted molar refractivity (Wildman–Crippen MR) is 76.6 cm³/mol. The molecule has 0 aliphatic heterocycles. The molecule has 3 heteroatoms. The minimum absolute atomic E-state index is 0.232. The van der Waals surface area contributed by atoms with Crippen molar-refractivity contribution in [1.82, 2.24) is 4.90 Å². The zero-order valence-electron chi connectivity index (χ0n) is 11.9. The molecule has 2 N–H and O–H groups in total. The third-order valence-electron chi connectivity index (χ3n) is 3.04. The number of nitrogens with two attached hydrogens (primary N) is 1. The van der Waals surface area contributed by atoms with Crippen LogP contribution >= 0.6 is 0 Å². The van der Waals surface area contributed by atoms with E-state index in [-0.39, 0.29) is 6.04 Å². The number of nitrogens with zero attached hydrogens (tertiary/aromatic N) is 1. The molecule has 1 aromatic carbocycles. The molecule has 0 fully saturated rings. The molecule has 0 radical (unpaired) electrons. The Bertz CT molecular complexity index is 324. The van der Waals surface area contributed by atoms with Crippen LogP contribution in [0, 0.1) is 6.92 Å². The number of hydrogen-bond donors (Lipinski definition) is 1. The number of rotatable bonds is 8. The molecular weight excluding hydrogens is 224 g/mol. The first-order chi connectivity index (χ1) is 8.61. The molecule has 1 unspecified atom stereocenters. The van der Waals surface area contributed by atoms with Crippen molar-refractivity contribution in [2.75, 3.05) is 27.3 Å². The average molecular weight is 250 g/mol. The van der Waals surface area contributed by atoms with Gasteiger partial charge in [0.15, 0.2) is 0 Å². The molecule has 1 aromatic rings. The van der Waals surface area contributed by atoms with Gasteiger partial charge in [0.05, 0.1) is 0 Å². The number of benzene rings is 1. The van der Waals surface area contributed by atoms with Gasteiger partial charge < -0.3 is 15.4 Å². The lowest BCUT2D eigenvalue weighted by Gasteiger charge is -2.21. The van der Waals surface area contributed by atoms with Crippen LogP contribution in [0.5, 0.6) is 0 Å². The van der Waals surface area contributed by atoms with E-state index in [1.165, 1.54) is 11.1 Å². The van der Waals surface area contributed by atoms with Gasteiger partial charge in [0, 0.05) is 32.8 Å². The number of aryl methyl sites for hydroxylation is 1. The largest absolute Gasteiger partial charge is 0.385 e. The molecular formula is C15H26N2O. The monoisotopic (exact) mass is 250 g/mol. The molecule has 102 valence electrons. The van der Waals surface area contributed by atoms with E-state index >= 15 is 0 Å². The van der Waals surface area contributed by atoms with E-state index in [1.807, 2.05) is 0 Å². The zero-order chi connectivity index (χ0) is 13.4. The molecule has 0 spiro atoms. The molecule has 0 aromatic heterocycles. The van der Waals surface area contributed by atoms with E-state index < -0.39 is 0 Å². The van der Waals surface area contributed by atoms with E-state index in [4.69, 9.17) is 10.5 Å². The summed E-state index contributed by atoms with van der Waals surface area (Å²) in [5.41, 5.74) is 8.74. The van der Waals surface area contributed by atoms with Crippen LogP contribution in [0.3, 0.4) is 0 Å². The summed E-state index contributed by atoms with van der Waals surface area (Å²) in [6, 6.07) is 8.91. The fraction of sp³-hybridized carbons (Fsp3) is 0.600. The molecule has 0 aliphatic carbocycles. The molecule has 0 saturated carbocycles. The number of ether oxygens (including phenoxy) is 1. The Morgan fingerprint density at radius 2 is 1.94 bits per heavy atom. The number of methoxy groups -OCH3 is 1. The summed E-state index contributed by atoms with van der Waals surface area (Å²) in [5, 5.41) is 0. The van der Waals surface area contributed by atoms with Gasteiger partial charge in [-0.25, -0.2) is 0 Å². The van der Waals surface area contributed by atoms with E-state index in [0.29, 0.717) is 0 Å². The standard InChI is InChI=1S/C15H26N2O/c1-13-6-8-14(9-7-13)11-17(2)12-15(16)5-4-10-18-3/h6-9,15H,4-5,10-12,16H2,1-3H3. The summed E-state index contributed by atoms with van der Waals surface area (Å²) >= 11 is 0. The van der Waals surface area contributed by atoms with Crippen molar-refractivity contribution in [1.29, 1.82) is 0 Å². The van der Waals surface area contributed by atoms with Crippen LogP contribution in [-0.4, -0.2) is 38.3 Å². The fourth-order valence-corrected chi connectivity index (χ4v) is 2.05. The summed E-state index contributed by atoms with van der Waals surface area (Å²) < 4.78 is 5.03. The molecule has 18 heavy (non-hydrogen) atoms. The number of likely N-dealkylation sites (N-methyl/N-ethyl adjacent to an activating group) is 1. The van der Waals surface area contributed by atoms with Crippen molar-refractivity contribution >= 4 is 0 Å². The third-order valence-corrected chi connectivity index (χ3v) is 3.04. The highest BCUT2D eigenvalue weighted by atomic mass is 16.5. The summed E-state index contributed by atoms with van der Waals surface area (Å²) in [5.74, 6) is 0. The molecule has 1 rings (SSSR count). The van der Waals surface area contributed by atoms with Gasteiger partial charge in [0.25, 0.3) is 0 Å². The Kier molecular flexibility index (Phi) is 6.94. The first kappa shape index (κ1) is 15.2. The van der Waals surface area contributed by atoms with Crippen molar-refractivity contribution in [2.24, 2.45) is 5.73 Å². The zero-order valence-corrected chi connectivity index (χ0v) is 11.9. The number of hydrogen-bond acceptors (Lipinski definition) is 3. The predicted octanol–water partition coefficient (Wildman–Crippen LogP) is 2.18. The van der Waals surface area contributed by atoms with Gasteiger partial charge in [-0.2, -0.15) is 0 Å². The smallest absolute Gasteiger partial charge is 0.0462 e. The molecule has 0 heterocycles. The van der Waals surface area contributed by atoms with Crippen molar-refractivity contribution in [2.45, 2.75) is 32.4 Å². The quantitative estimate of drug-likeness (QED) is 0.719. The second kappa shape index (κ2) is 8.25. The Morgan fingerprint density at radius 1 is 1.28 bits per heavy atom. The third kappa shape index (κ3) is 6.15. The van der Waals surface area contributed by atoms with Gasteiger partial charge in [-0.05, 0) is 32.4 Å². The van der Waals surface area contributed by atoms with Crippen LogP contribution in [0.1, 0.15) is 24.0 Å². The summed E-state index contributed by atoms with van der Waals surface area (Å²) in [4.78, 5) is 2.28. The molecule has 1 atom stereocenters. The maximum absolute atomic E-state index is 6.10. The lowest BCUT2D eigenvalue weighted by molar-refractivity contribution is 0.187. The average Bonchev–Trinajstić information content (AvgIpc) is 2.32. The maximum Gasteiger partial charge on any atom is 0.0462 e. The van der Waals surface area contributed by atoms with Gasteiger partial charge in [-0.3, -0.25) is 0 Å². The molecule has 0 saturated heterocycles. The van der Waals surface area contributed by atoms with Crippen molar-refractivity contribution in [3.8, 4) is 0 Å². The van der Waals surface area contributed by atoms with Crippen LogP contribution in [0.25, 0.3) is 0 Å². The topological polar surface area (TPSA) is 38.5 Å². The minimum Gasteiger partial charge on any atom is -0.385 e. The first-order valence-corrected chi connectivity index (χ1v) is 6.60. The van der Waals surface area contributed by atoms with E-state index in [0.717, 1.165) is 32.5 Å². The lowest BCUT2D eigenvalue weighted by atomic mass is 10.1. The Balaban J connectivity index is 2.27. The molecule has 0 aliphatic rings. The van der Waals surface area contributed by atoms with Gasteiger partial charge in [-0.1, -0.05) is 29.8 Å². The second-order valence-corrected chi connectivity index (χ2v) is 5.08. The van der Waals surface area contributed by atoms with Crippen LogP contribution in [0.2, 0.25) is 0 Å². The highest BCUT2D eigenvalue weighted by Crippen LogP contribution is 2.06. The normalized spacial score (nSPS) is 12.9. The maximum atomic E-state index is 6.10. The van der Waals surface area contributed by atoms with Crippen LogP contribution in [-0.2, 0) is 11.3 Å². The summed E-state index contributed by atoms with van der Waals surface area (Å²) in [6.07, 6.45) is 2.06. The first-order valence-electron chi connectivity index (χ1n) is 6.60. The van der Waals surface area contributed by atoms with Crippen molar-refractivity contribution in [3.05, 3.63) is 35.4 Å². The second-order valence-electron chi connectivity index (χ2n) is 5.08. The highest BCUT2D eigenvalue weighted by molar-refractivity contribution is 5.21. The van der Waals surface area contributed by atoms with Crippen LogP contribution in [0.15, 0.2) is 24.3 Å². The van der Waals surface area contributed by atoms with Crippen LogP contribution < -0.4 is 5.73 Å². The Labute approximate surface area is 111 Å². The highest BCUT2D eigenvalue weighted by Gasteiger charge is 2.07.